The number of unbranched alkanes of at least 4 members (excludes halogenated alkanes) is 11. The molecular weight excluding hydrogens is 606 g/mol. The van der Waals surface area contributed by atoms with Gasteiger partial charge in [0.2, 0.25) is 0 Å². The van der Waals surface area contributed by atoms with E-state index < -0.39 is 18.1 Å². The van der Waals surface area contributed by atoms with Crippen LogP contribution in [-0.2, 0) is 28.6 Å². The van der Waals surface area contributed by atoms with Crippen molar-refractivity contribution < 1.29 is 38.2 Å². The minimum absolute atomic E-state index is 0.0241. The van der Waals surface area contributed by atoms with E-state index in [4.69, 9.17) is 14.2 Å². The Morgan fingerprint density at radius 3 is 1.88 bits per heavy atom. The first kappa shape index (κ1) is 45.3. The van der Waals surface area contributed by atoms with Gasteiger partial charge in [0, 0.05) is 19.3 Å². The molecule has 0 aromatic rings. The number of carbonyl (C=O) groups excluding carboxylic acids is 3. The number of esters is 2. The number of allylic oxidation sites excluding steroid dienone is 8. The first-order valence-corrected chi connectivity index (χ1v) is 18.7. The van der Waals surface area contributed by atoms with Gasteiger partial charge in [-0.3, -0.25) is 9.59 Å². The van der Waals surface area contributed by atoms with Gasteiger partial charge in [-0.05, 0) is 64.2 Å². The lowest BCUT2D eigenvalue weighted by atomic mass is 10.1. The van der Waals surface area contributed by atoms with Gasteiger partial charge >= 0.3 is 11.9 Å². The second-order valence-electron chi connectivity index (χ2n) is 13.5. The molecule has 276 valence electrons. The third-order valence-corrected chi connectivity index (χ3v) is 7.98. The Hall–Kier alpha value is -2.71. The van der Waals surface area contributed by atoms with Crippen LogP contribution >= 0.6 is 0 Å². The first-order valence-electron chi connectivity index (χ1n) is 18.7. The Morgan fingerprint density at radius 1 is 0.667 bits per heavy atom. The number of likely N-dealkylation sites (N-methyl/N-ethyl adjacent to an activating group) is 1. The summed E-state index contributed by atoms with van der Waals surface area (Å²) in [6, 6.07) is -0.731. The van der Waals surface area contributed by atoms with E-state index in [-0.39, 0.29) is 42.7 Å². The lowest BCUT2D eigenvalue weighted by molar-refractivity contribution is -0.889. The predicted octanol–water partition coefficient (Wildman–Crippen LogP) is 7.96. The maximum Gasteiger partial charge on any atom is 0.306 e. The summed E-state index contributed by atoms with van der Waals surface area (Å²) in [4.78, 5) is 36.5. The average molecular weight is 676 g/mol. The van der Waals surface area contributed by atoms with Crippen molar-refractivity contribution in [2.24, 2.45) is 0 Å². The van der Waals surface area contributed by atoms with Crippen molar-refractivity contribution in [2.75, 3.05) is 41.0 Å². The molecule has 0 fully saturated rings. The summed E-state index contributed by atoms with van der Waals surface area (Å²) in [5.74, 6) is -1.81. The Labute approximate surface area is 293 Å². The fraction of sp³-hybridized carbons (Fsp3) is 0.725. The molecule has 0 spiro atoms. The molecule has 2 unspecified atom stereocenters. The van der Waals surface area contributed by atoms with Gasteiger partial charge in [0.05, 0.1) is 40.3 Å². The predicted molar refractivity (Wildman–Crippen MR) is 194 cm³/mol. The van der Waals surface area contributed by atoms with E-state index in [1.165, 1.54) is 32.1 Å². The summed E-state index contributed by atoms with van der Waals surface area (Å²) in [5.41, 5.74) is 0. The molecular formula is C40H69NO7. The number of quaternary nitrogens is 1. The summed E-state index contributed by atoms with van der Waals surface area (Å²) < 4.78 is 17.0. The lowest BCUT2D eigenvalue weighted by Crippen LogP contribution is -2.55. The van der Waals surface area contributed by atoms with Crippen LogP contribution in [0.25, 0.3) is 0 Å². The highest BCUT2D eigenvalue weighted by Gasteiger charge is 2.25. The molecule has 0 radical (unpaired) electrons. The number of ether oxygens (including phenoxy) is 3. The molecule has 0 saturated carbocycles. The molecule has 0 aliphatic heterocycles. The van der Waals surface area contributed by atoms with Crippen LogP contribution in [0.3, 0.4) is 0 Å². The zero-order chi connectivity index (χ0) is 35.7. The summed E-state index contributed by atoms with van der Waals surface area (Å²) >= 11 is 0. The van der Waals surface area contributed by atoms with E-state index in [9.17, 15) is 19.5 Å². The third-order valence-electron chi connectivity index (χ3n) is 7.98. The van der Waals surface area contributed by atoms with Crippen molar-refractivity contribution in [2.45, 2.75) is 148 Å². The molecule has 0 aliphatic rings. The normalized spacial score (nSPS) is 13.6. The van der Waals surface area contributed by atoms with Crippen molar-refractivity contribution >= 4 is 17.9 Å². The minimum Gasteiger partial charge on any atom is -0.544 e. The topological polar surface area (TPSA) is 102 Å². The van der Waals surface area contributed by atoms with Gasteiger partial charge < -0.3 is 28.6 Å². The number of aliphatic carboxylic acids is 1. The van der Waals surface area contributed by atoms with Crippen LogP contribution in [0.15, 0.2) is 48.6 Å². The Kier molecular flexibility index (Phi) is 29.8. The average Bonchev–Trinajstić information content (AvgIpc) is 3.03. The maximum absolute atomic E-state index is 12.6. The van der Waals surface area contributed by atoms with E-state index in [0.29, 0.717) is 12.8 Å². The molecule has 0 heterocycles. The summed E-state index contributed by atoms with van der Waals surface area (Å²) in [6.07, 6.45) is 34.3. The molecule has 2 atom stereocenters. The van der Waals surface area contributed by atoms with E-state index in [2.05, 4.69) is 62.5 Å². The molecule has 0 aromatic heterocycles. The molecule has 0 aliphatic carbocycles. The molecule has 8 heteroatoms. The largest absolute Gasteiger partial charge is 0.544 e. The van der Waals surface area contributed by atoms with Crippen LogP contribution in [-0.4, -0.2) is 75.5 Å². The third kappa shape index (κ3) is 29.4. The van der Waals surface area contributed by atoms with E-state index in [1.54, 1.807) is 21.1 Å². The van der Waals surface area contributed by atoms with Gasteiger partial charge in [-0.25, -0.2) is 0 Å². The number of nitrogens with zero attached hydrogens (tertiary/aromatic N) is 1. The number of carboxylic acids is 1. The van der Waals surface area contributed by atoms with Gasteiger partial charge in [-0.1, -0.05) is 101 Å². The Bertz CT molecular complexity index is 932. The molecule has 8 nitrogen and oxygen atoms in total. The van der Waals surface area contributed by atoms with Crippen LogP contribution in [0.5, 0.6) is 0 Å². The molecule has 0 N–H and O–H groups in total. The molecule has 0 saturated heterocycles. The molecule has 0 rings (SSSR count). The molecule has 0 amide bonds. The standard InChI is InChI=1S/C40H69NO7/c1-6-8-10-12-14-16-17-18-19-20-21-23-25-27-29-31-39(43)48-36(34-46-33-32-37(40(44)45)41(3,4)5)35-47-38(42)30-28-26-24-22-15-13-11-9-7-2/h9,11,14-18,22,36-37H,6-8,10,12-13,19-21,23-35H2,1-5H3/b11-9+,16-14+,18-17+,22-15+. The number of carbonyl (C=O) groups is 3. The number of rotatable bonds is 32. The van der Waals surface area contributed by atoms with Crippen molar-refractivity contribution in [1.29, 1.82) is 0 Å². The maximum atomic E-state index is 12.6. The van der Waals surface area contributed by atoms with Gasteiger partial charge in [0.1, 0.15) is 12.6 Å². The van der Waals surface area contributed by atoms with Gasteiger partial charge in [0.25, 0.3) is 0 Å². The van der Waals surface area contributed by atoms with E-state index >= 15 is 0 Å². The second kappa shape index (κ2) is 31.6. The van der Waals surface area contributed by atoms with Crippen molar-refractivity contribution in [3.8, 4) is 0 Å². The fourth-order valence-electron chi connectivity index (χ4n) is 5.04. The van der Waals surface area contributed by atoms with Crippen LogP contribution < -0.4 is 5.11 Å². The summed E-state index contributed by atoms with van der Waals surface area (Å²) in [5, 5.41) is 11.6. The van der Waals surface area contributed by atoms with Gasteiger partial charge in [0.15, 0.2) is 6.10 Å². The molecule has 0 aromatic carbocycles. The van der Waals surface area contributed by atoms with Crippen molar-refractivity contribution in [3.63, 3.8) is 0 Å². The SMILES string of the molecule is CC/C=C/C/C=C/CCCCC(=O)OCC(COCCC(C(=O)[O-])[N+](C)(C)C)OC(=O)CCCCCCCC/C=C/C=C/CCCCC. The molecule has 48 heavy (non-hydrogen) atoms. The van der Waals surface area contributed by atoms with Gasteiger partial charge in [-0.15, -0.1) is 0 Å². The van der Waals surface area contributed by atoms with E-state index in [1.807, 2.05) is 0 Å². The van der Waals surface area contributed by atoms with Gasteiger partial charge in [-0.2, -0.15) is 0 Å². The zero-order valence-corrected chi connectivity index (χ0v) is 31.1. The lowest BCUT2D eigenvalue weighted by Gasteiger charge is -2.34. The fourth-order valence-corrected chi connectivity index (χ4v) is 5.04. The smallest absolute Gasteiger partial charge is 0.306 e. The number of hydrogen-bond acceptors (Lipinski definition) is 7. The zero-order valence-electron chi connectivity index (χ0n) is 31.1. The van der Waals surface area contributed by atoms with Crippen LogP contribution in [0.4, 0.5) is 0 Å². The van der Waals surface area contributed by atoms with E-state index in [0.717, 1.165) is 70.6 Å². The van der Waals surface area contributed by atoms with Crippen LogP contribution in [0, 0.1) is 0 Å². The van der Waals surface area contributed by atoms with Crippen molar-refractivity contribution in [1.82, 2.24) is 0 Å². The molecule has 0 bridgehead atoms. The van der Waals surface area contributed by atoms with Crippen LogP contribution in [0.2, 0.25) is 0 Å². The number of carboxylic acid groups (broad SMARTS) is 1. The summed E-state index contributed by atoms with van der Waals surface area (Å²) in [7, 11) is 5.37. The highest BCUT2D eigenvalue weighted by Crippen LogP contribution is 2.12. The second-order valence-corrected chi connectivity index (χ2v) is 13.5. The highest BCUT2D eigenvalue weighted by atomic mass is 16.6. The number of hydrogen-bond donors (Lipinski definition) is 0. The Balaban J connectivity index is 4.48. The van der Waals surface area contributed by atoms with Crippen molar-refractivity contribution in [3.05, 3.63) is 48.6 Å². The highest BCUT2D eigenvalue weighted by molar-refractivity contribution is 5.70. The quantitative estimate of drug-likeness (QED) is 0.0234. The Morgan fingerprint density at radius 2 is 1.23 bits per heavy atom. The monoisotopic (exact) mass is 676 g/mol. The summed E-state index contributed by atoms with van der Waals surface area (Å²) in [6.45, 7) is 4.43. The first-order chi connectivity index (χ1) is 23.1. The minimum atomic E-state index is -1.13. The van der Waals surface area contributed by atoms with Crippen LogP contribution in [0.1, 0.15) is 136 Å².